The van der Waals surface area contributed by atoms with Gasteiger partial charge in [0.2, 0.25) is 0 Å². The summed E-state index contributed by atoms with van der Waals surface area (Å²) < 4.78 is 11.9. The maximum absolute atomic E-state index is 12.0. The highest BCUT2D eigenvalue weighted by Gasteiger charge is 2.25. The van der Waals surface area contributed by atoms with Gasteiger partial charge in [0.15, 0.2) is 13.2 Å². The number of rotatable bonds is 6. The Morgan fingerprint density at radius 2 is 2.11 bits per heavy atom. The number of esters is 1. The molecule has 0 bridgehead atoms. The molecule has 0 saturated carbocycles. The van der Waals surface area contributed by atoms with Crippen LogP contribution in [-0.2, 0) is 26.2 Å². The molecule has 1 aromatic carbocycles. The van der Waals surface area contributed by atoms with E-state index in [0.29, 0.717) is 17.3 Å². The van der Waals surface area contributed by atoms with Crippen molar-refractivity contribution in [2.24, 2.45) is 7.05 Å². The molecular formula is C18H20N4O5. The Balaban J connectivity index is 1.48. The Labute approximate surface area is 155 Å². The minimum atomic E-state index is -0.567. The standard InChI is InChI=1S/C18H20N4O5/c1-12-9-15(21(2)20-12)19-16(23)10-27-18(25)7-8-22-13-5-3-4-6-14(13)26-11-17(22)24/h3-6,9H,7-8,10-11H2,1-2H3,(H,19,23). The molecule has 2 amide bonds. The van der Waals surface area contributed by atoms with Crippen LogP contribution in [0.15, 0.2) is 30.3 Å². The monoisotopic (exact) mass is 372 g/mol. The first kappa shape index (κ1) is 18.4. The summed E-state index contributed by atoms with van der Waals surface area (Å²) in [6.45, 7) is 1.48. The van der Waals surface area contributed by atoms with Gasteiger partial charge in [0.1, 0.15) is 11.6 Å². The first-order valence-electron chi connectivity index (χ1n) is 8.42. The highest BCUT2D eigenvalue weighted by Crippen LogP contribution is 2.31. The van der Waals surface area contributed by atoms with E-state index in [-0.39, 0.29) is 25.5 Å². The van der Waals surface area contributed by atoms with Crippen molar-refractivity contribution in [3.05, 3.63) is 36.0 Å². The molecule has 142 valence electrons. The van der Waals surface area contributed by atoms with Gasteiger partial charge in [0.05, 0.1) is 17.8 Å². The third kappa shape index (κ3) is 4.43. The Bertz CT molecular complexity index is 876. The molecule has 27 heavy (non-hydrogen) atoms. The van der Waals surface area contributed by atoms with Gasteiger partial charge in [0, 0.05) is 19.7 Å². The van der Waals surface area contributed by atoms with E-state index in [0.717, 1.165) is 5.69 Å². The molecule has 0 spiro atoms. The van der Waals surface area contributed by atoms with Crippen LogP contribution in [0.1, 0.15) is 12.1 Å². The number of carbonyl (C=O) groups excluding carboxylic acids is 3. The number of anilines is 2. The van der Waals surface area contributed by atoms with Crippen LogP contribution in [0.4, 0.5) is 11.5 Å². The highest BCUT2D eigenvalue weighted by atomic mass is 16.5. The van der Waals surface area contributed by atoms with E-state index >= 15 is 0 Å². The summed E-state index contributed by atoms with van der Waals surface area (Å²) >= 11 is 0. The van der Waals surface area contributed by atoms with Gasteiger partial charge in [-0.1, -0.05) is 12.1 Å². The summed E-state index contributed by atoms with van der Waals surface area (Å²) in [5.74, 6) is -0.145. The van der Waals surface area contributed by atoms with Crippen LogP contribution in [0.5, 0.6) is 5.75 Å². The van der Waals surface area contributed by atoms with Crippen LogP contribution in [0.25, 0.3) is 0 Å². The van der Waals surface area contributed by atoms with Gasteiger partial charge in [0.25, 0.3) is 11.8 Å². The number of aromatic nitrogens is 2. The van der Waals surface area contributed by atoms with Gasteiger partial charge in [-0.25, -0.2) is 0 Å². The molecule has 0 fully saturated rings. The molecule has 0 radical (unpaired) electrons. The average Bonchev–Trinajstić information content (AvgIpc) is 2.96. The van der Waals surface area contributed by atoms with Crippen molar-refractivity contribution >= 4 is 29.3 Å². The maximum atomic E-state index is 12.0. The summed E-state index contributed by atoms with van der Waals surface area (Å²) in [6.07, 6.45) is -0.0296. The number of nitrogens with zero attached hydrogens (tertiary/aromatic N) is 3. The average molecular weight is 372 g/mol. The quantitative estimate of drug-likeness (QED) is 0.760. The summed E-state index contributed by atoms with van der Waals surface area (Å²) in [5.41, 5.74) is 1.38. The number of ether oxygens (including phenoxy) is 2. The summed E-state index contributed by atoms with van der Waals surface area (Å²) in [6, 6.07) is 8.82. The van der Waals surface area contributed by atoms with Gasteiger partial charge >= 0.3 is 5.97 Å². The van der Waals surface area contributed by atoms with E-state index in [2.05, 4.69) is 10.4 Å². The number of amides is 2. The molecule has 9 heteroatoms. The van der Waals surface area contributed by atoms with Crippen molar-refractivity contribution < 1.29 is 23.9 Å². The molecule has 1 N–H and O–H groups in total. The fourth-order valence-corrected chi connectivity index (χ4v) is 2.73. The Morgan fingerprint density at radius 1 is 1.33 bits per heavy atom. The normalized spacial score (nSPS) is 13.0. The minimum absolute atomic E-state index is 0.0296. The van der Waals surface area contributed by atoms with E-state index < -0.39 is 18.5 Å². The van der Waals surface area contributed by atoms with E-state index in [1.807, 2.05) is 6.07 Å². The van der Waals surface area contributed by atoms with E-state index in [1.54, 1.807) is 38.2 Å². The SMILES string of the molecule is Cc1cc(NC(=O)COC(=O)CCN2C(=O)COc3ccccc32)n(C)n1. The second kappa shape index (κ2) is 7.90. The van der Waals surface area contributed by atoms with Crippen molar-refractivity contribution in [2.75, 3.05) is 30.0 Å². The van der Waals surface area contributed by atoms with Crippen molar-refractivity contribution in [3.8, 4) is 5.75 Å². The van der Waals surface area contributed by atoms with Crippen LogP contribution < -0.4 is 15.0 Å². The Kier molecular flexibility index (Phi) is 5.39. The molecule has 0 saturated heterocycles. The molecule has 0 atom stereocenters. The van der Waals surface area contributed by atoms with Crippen molar-refractivity contribution in [3.63, 3.8) is 0 Å². The molecule has 9 nitrogen and oxygen atoms in total. The Morgan fingerprint density at radius 3 is 2.85 bits per heavy atom. The van der Waals surface area contributed by atoms with Gasteiger partial charge in [-0.15, -0.1) is 0 Å². The summed E-state index contributed by atoms with van der Waals surface area (Å²) in [5, 5.41) is 6.73. The third-order valence-electron chi connectivity index (χ3n) is 3.98. The fraction of sp³-hybridized carbons (Fsp3) is 0.333. The van der Waals surface area contributed by atoms with Gasteiger partial charge in [-0.05, 0) is 19.1 Å². The van der Waals surface area contributed by atoms with Gasteiger partial charge in [-0.3, -0.25) is 19.1 Å². The van der Waals surface area contributed by atoms with Crippen LogP contribution in [0.3, 0.4) is 0 Å². The molecular weight excluding hydrogens is 352 g/mol. The zero-order valence-electron chi connectivity index (χ0n) is 15.1. The highest BCUT2D eigenvalue weighted by molar-refractivity contribution is 5.98. The molecule has 1 aliphatic heterocycles. The predicted octanol–water partition coefficient (Wildman–Crippen LogP) is 1.03. The number of fused-ring (bicyclic) bond motifs is 1. The lowest BCUT2D eigenvalue weighted by Gasteiger charge is -2.28. The zero-order valence-corrected chi connectivity index (χ0v) is 15.1. The lowest BCUT2D eigenvalue weighted by atomic mass is 10.2. The fourth-order valence-electron chi connectivity index (χ4n) is 2.73. The van der Waals surface area contributed by atoms with Crippen LogP contribution in [0, 0.1) is 6.92 Å². The first-order chi connectivity index (χ1) is 12.9. The number of hydrogen-bond acceptors (Lipinski definition) is 6. The van der Waals surface area contributed by atoms with E-state index in [4.69, 9.17) is 9.47 Å². The smallest absolute Gasteiger partial charge is 0.308 e. The van der Waals surface area contributed by atoms with E-state index in [9.17, 15) is 14.4 Å². The number of para-hydroxylation sites is 2. The maximum Gasteiger partial charge on any atom is 0.308 e. The molecule has 0 unspecified atom stereocenters. The van der Waals surface area contributed by atoms with E-state index in [1.165, 1.54) is 9.58 Å². The van der Waals surface area contributed by atoms with Crippen molar-refractivity contribution in [1.82, 2.24) is 9.78 Å². The molecule has 3 rings (SSSR count). The topological polar surface area (TPSA) is 103 Å². The lowest BCUT2D eigenvalue weighted by molar-refractivity contribution is -0.147. The number of aryl methyl sites for hydroxylation is 2. The predicted molar refractivity (Wildman–Crippen MR) is 96.4 cm³/mol. The second-order valence-corrected chi connectivity index (χ2v) is 6.06. The number of hydrogen-bond donors (Lipinski definition) is 1. The van der Waals surface area contributed by atoms with Crippen LogP contribution in [0.2, 0.25) is 0 Å². The summed E-state index contributed by atoms with van der Waals surface area (Å²) in [7, 11) is 1.70. The largest absolute Gasteiger partial charge is 0.482 e. The number of nitrogens with one attached hydrogen (secondary N) is 1. The first-order valence-corrected chi connectivity index (χ1v) is 8.42. The number of benzene rings is 1. The lowest BCUT2D eigenvalue weighted by Crippen LogP contribution is -2.40. The van der Waals surface area contributed by atoms with Crippen molar-refractivity contribution in [2.45, 2.75) is 13.3 Å². The molecule has 2 heterocycles. The van der Waals surface area contributed by atoms with Crippen LogP contribution in [-0.4, -0.2) is 47.3 Å². The zero-order chi connectivity index (χ0) is 19.4. The molecule has 2 aromatic rings. The third-order valence-corrected chi connectivity index (χ3v) is 3.98. The van der Waals surface area contributed by atoms with Gasteiger partial charge in [-0.2, -0.15) is 5.10 Å². The summed E-state index contributed by atoms with van der Waals surface area (Å²) in [4.78, 5) is 37.4. The van der Waals surface area contributed by atoms with Crippen LogP contribution >= 0.6 is 0 Å². The molecule has 1 aromatic heterocycles. The second-order valence-electron chi connectivity index (χ2n) is 6.06. The van der Waals surface area contributed by atoms with Crippen molar-refractivity contribution in [1.29, 1.82) is 0 Å². The molecule has 1 aliphatic rings. The molecule has 0 aliphatic carbocycles. The van der Waals surface area contributed by atoms with Gasteiger partial charge < -0.3 is 19.7 Å². The minimum Gasteiger partial charge on any atom is -0.482 e. The Hall–Kier alpha value is -3.36. The number of carbonyl (C=O) groups is 3.